The van der Waals surface area contributed by atoms with Gasteiger partial charge in [-0.3, -0.25) is 0 Å². The van der Waals surface area contributed by atoms with Crippen molar-refractivity contribution in [3.8, 4) is 6.07 Å². The van der Waals surface area contributed by atoms with E-state index in [1.165, 1.54) is 5.57 Å². The lowest BCUT2D eigenvalue weighted by Crippen LogP contribution is -2.57. The highest BCUT2D eigenvalue weighted by Gasteiger charge is 2.64. The van der Waals surface area contributed by atoms with Crippen LogP contribution in [-0.4, -0.2) is 33.9 Å². The molecule has 1 fully saturated rings. The van der Waals surface area contributed by atoms with Crippen molar-refractivity contribution in [1.29, 1.82) is 5.26 Å². The van der Waals surface area contributed by atoms with E-state index < -0.39 is 14.2 Å². The number of alkyl halides is 1. The smallest absolute Gasteiger partial charge is 0.351 e. The van der Waals surface area contributed by atoms with Crippen molar-refractivity contribution >= 4 is 20.2 Å². The zero-order valence-electron chi connectivity index (χ0n) is 18.9. The van der Waals surface area contributed by atoms with Crippen LogP contribution >= 0.6 is 11.6 Å². The third-order valence-corrected chi connectivity index (χ3v) is 12.3. The predicted molar refractivity (Wildman–Crippen MR) is 121 cm³/mol. The zero-order chi connectivity index (χ0) is 21.8. The fourth-order valence-corrected chi connectivity index (χ4v) is 8.49. The lowest BCUT2D eigenvalue weighted by Gasteiger charge is -2.54. The van der Waals surface area contributed by atoms with Gasteiger partial charge in [-0.2, -0.15) is 5.26 Å². The molecule has 4 aliphatic carbocycles. The van der Waals surface area contributed by atoms with Crippen LogP contribution in [0, 0.1) is 34.0 Å². The number of halogens is 1. The van der Waals surface area contributed by atoms with Gasteiger partial charge in [-0.15, -0.1) is 11.6 Å². The highest BCUT2D eigenvalue weighted by atomic mass is 35.5. The molecular formula is C24H34ClNO3Si. The molecule has 0 N–H and O–H groups in total. The van der Waals surface area contributed by atoms with E-state index in [1.54, 1.807) is 19.8 Å². The summed E-state index contributed by atoms with van der Waals surface area (Å²) in [6.45, 7) is 6.64. The second-order valence-corrected chi connectivity index (χ2v) is 14.0. The normalized spacial score (nSPS) is 41.8. The Balaban J connectivity index is 1.71. The number of methoxy groups -OCH3 is 1. The molecule has 0 saturated heterocycles. The van der Waals surface area contributed by atoms with E-state index >= 15 is 0 Å². The first-order valence-electron chi connectivity index (χ1n) is 11.1. The van der Waals surface area contributed by atoms with Crippen LogP contribution < -0.4 is 0 Å². The van der Waals surface area contributed by atoms with E-state index in [0.717, 1.165) is 44.3 Å². The standard InChI is InChI=1S/C24H34ClNO3Si/c1-22-11-8-18(27-3)14-17(22)6-7-19-20(22)9-12-23(2)21(19)10-13-24(23,15-26)29-30(5,16-25)28-4/h6,9,14,19,21H,7-8,10-13,16H2,1-5H3/t19-,21+,22+,23+,24+,30?/m1/s1. The monoisotopic (exact) mass is 447 g/mol. The number of ether oxygens (including phenoxy) is 1. The van der Waals surface area contributed by atoms with Crippen LogP contribution in [0.5, 0.6) is 0 Å². The molecule has 0 aromatic rings. The highest BCUT2D eigenvalue weighted by Crippen LogP contribution is 2.66. The molecule has 0 radical (unpaired) electrons. The Morgan fingerprint density at radius 2 is 2.03 bits per heavy atom. The Morgan fingerprint density at radius 3 is 2.67 bits per heavy atom. The van der Waals surface area contributed by atoms with Crippen LogP contribution in [0.3, 0.4) is 0 Å². The maximum atomic E-state index is 10.4. The van der Waals surface area contributed by atoms with Gasteiger partial charge in [-0.25, -0.2) is 0 Å². The summed E-state index contributed by atoms with van der Waals surface area (Å²) >= 11 is 6.22. The van der Waals surface area contributed by atoms with E-state index in [1.807, 2.05) is 6.55 Å². The molecule has 4 aliphatic rings. The molecule has 6 heteroatoms. The number of hydrogen-bond acceptors (Lipinski definition) is 4. The number of nitriles is 1. The van der Waals surface area contributed by atoms with Gasteiger partial charge in [0.15, 0.2) is 5.60 Å². The highest BCUT2D eigenvalue weighted by molar-refractivity contribution is 6.73. The molecule has 30 heavy (non-hydrogen) atoms. The van der Waals surface area contributed by atoms with Crippen molar-refractivity contribution in [2.75, 3.05) is 19.7 Å². The third kappa shape index (κ3) is 2.98. The van der Waals surface area contributed by atoms with Gasteiger partial charge in [-0.1, -0.05) is 31.6 Å². The second-order valence-electron chi connectivity index (χ2n) is 10.1. The Bertz CT molecular complexity index is 857. The number of allylic oxidation sites excluding steroid dienone is 6. The van der Waals surface area contributed by atoms with Crippen molar-refractivity contribution < 1.29 is 13.6 Å². The number of rotatable bonds is 5. The second kappa shape index (κ2) is 7.51. The summed E-state index contributed by atoms with van der Waals surface area (Å²) in [7, 11) is 0.838. The maximum Gasteiger partial charge on any atom is 0.351 e. The van der Waals surface area contributed by atoms with Crippen LogP contribution in [0.1, 0.15) is 52.4 Å². The van der Waals surface area contributed by atoms with Crippen molar-refractivity contribution in [3.63, 3.8) is 0 Å². The van der Waals surface area contributed by atoms with Crippen molar-refractivity contribution in [2.24, 2.45) is 22.7 Å². The molecule has 0 aromatic carbocycles. The first-order valence-corrected chi connectivity index (χ1v) is 14.1. The molecule has 0 aliphatic heterocycles. The molecule has 1 unspecified atom stereocenters. The topological polar surface area (TPSA) is 51.5 Å². The lowest BCUT2D eigenvalue weighted by atomic mass is 9.52. The van der Waals surface area contributed by atoms with Gasteiger partial charge < -0.3 is 13.6 Å². The van der Waals surface area contributed by atoms with E-state index in [2.05, 4.69) is 38.1 Å². The van der Waals surface area contributed by atoms with Gasteiger partial charge in [0.05, 0.1) is 24.4 Å². The molecule has 164 valence electrons. The fourth-order valence-electron chi connectivity index (χ4n) is 6.64. The van der Waals surface area contributed by atoms with Gasteiger partial charge in [0.2, 0.25) is 0 Å². The van der Waals surface area contributed by atoms with Gasteiger partial charge in [-0.05, 0) is 62.1 Å². The number of fused-ring (bicyclic) bond motifs is 5. The summed E-state index contributed by atoms with van der Waals surface area (Å²) in [6.07, 6.45) is 12.9. The molecule has 0 amide bonds. The van der Waals surface area contributed by atoms with Crippen LogP contribution in [0.4, 0.5) is 0 Å². The third-order valence-electron chi connectivity index (χ3n) is 8.74. The Kier molecular flexibility index (Phi) is 5.55. The SMILES string of the molecule is COC1=CC2=CC[C@@H]3C(=CC[C@@]4(C)[C@H]3CC[C@@]4(C#N)O[Si](C)(CCl)OC)[C@@]2(C)CC1. The minimum Gasteiger partial charge on any atom is -0.501 e. The van der Waals surface area contributed by atoms with Gasteiger partial charge in [0.1, 0.15) is 0 Å². The van der Waals surface area contributed by atoms with E-state index in [0.29, 0.717) is 17.3 Å². The maximum absolute atomic E-state index is 10.4. The number of nitrogens with zero attached hydrogens (tertiary/aromatic N) is 1. The fraction of sp³-hybridized carbons (Fsp3) is 0.708. The first-order chi connectivity index (χ1) is 14.2. The molecular weight excluding hydrogens is 414 g/mol. The molecule has 1 saturated carbocycles. The van der Waals surface area contributed by atoms with Crippen molar-refractivity contribution in [1.82, 2.24) is 0 Å². The minimum atomic E-state index is -2.59. The Morgan fingerprint density at radius 1 is 1.27 bits per heavy atom. The van der Waals surface area contributed by atoms with Crippen molar-refractivity contribution in [2.45, 2.75) is 64.5 Å². The summed E-state index contributed by atoms with van der Waals surface area (Å²) in [5.41, 5.74) is 2.34. The average molecular weight is 448 g/mol. The largest absolute Gasteiger partial charge is 0.501 e. The van der Waals surface area contributed by atoms with Crippen LogP contribution in [0.15, 0.2) is 35.1 Å². The first kappa shape index (κ1) is 22.1. The summed E-state index contributed by atoms with van der Waals surface area (Å²) in [6, 6.07) is 2.62. The summed E-state index contributed by atoms with van der Waals surface area (Å²) < 4.78 is 17.8. The van der Waals surface area contributed by atoms with Crippen molar-refractivity contribution in [3.05, 3.63) is 35.1 Å². The molecule has 0 bridgehead atoms. The predicted octanol–water partition coefficient (Wildman–Crippen LogP) is 5.78. The molecule has 0 spiro atoms. The molecule has 6 atom stereocenters. The molecule has 4 nitrogen and oxygen atoms in total. The molecule has 4 rings (SSSR count). The Hall–Kier alpha value is -1.06. The minimum absolute atomic E-state index is 0.0803. The van der Waals surface area contributed by atoms with Gasteiger partial charge >= 0.3 is 8.56 Å². The molecule has 0 heterocycles. The van der Waals surface area contributed by atoms with Crippen LogP contribution in [-0.2, 0) is 13.6 Å². The zero-order valence-corrected chi connectivity index (χ0v) is 20.6. The molecule has 0 aromatic heterocycles. The summed E-state index contributed by atoms with van der Waals surface area (Å²) in [5, 5.41) is 10.4. The van der Waals surface area contributed by atoms with Gasteiger partial charge in [0.25, 0.3) is 0 Å². The summed E-state index contributed by atoms with van der Waals surface area (Å²) in [4.78, 5) is 0. The van der Waals surface area contributed by atoms with Crippen LogP contribution in [0.25, 0.3) is 0 Å². The summed E-state index contributed by atoms with van der Waals surface area (Å²) in [5.74, 6) is 1.99. The van der Waals surface area contributed by atoms with E-state index in [4.69, 9.17) is 25.2 Å². The van der Waals surface area contributed by atoms with Gasteiger partial charge in [0, 0.05) is 24.4 Å². The quantitative estimate of drug-likeness (QED) is 0.304. The van der Waals surface area contributed by atoms with E-state index in [-0.39, 0.29) is 10.8 Å². The Labute approximate surface area is 187 Å². The lowest BCUT2D eigenvalue weighted by molar-refractivity contribution is -0.0384. The van der Waals surface area contributed by atoms with Crippen LogP contribution in [0.2, 0.25) is 6.55 Å². The average Bonchev–Trinajstić information content (AvgIpc) is 3.05. The van der Waals surface area contributed by atoms with E-state index in [9.17, 15) is 5.26 Å². The number of hydrogen-bond donors (Lipinski definition) is 0.